The Kier molecular flexibility index (Phi) is 6.25. The van der Waals surface area contributed by atoms with Crippen LogP contribution in [-0.4, -0.2) is 41.3 Å². The number of hydrogen-bond acceptors (Lipinski definition) is 6. The summed E-state index contributed by atoms with van der Waals surface area (Å²) in [6.45, 7) is 7.26. The smallest absolute Gasteiger partial charge is 0.240 e. The summed E-state index contributed by atoms with van der Waals surface area (Å²) < 4.78 is 29.1. The lowest BCUT2D eigenvalue weighted by Crippen LogP contribution is -2.26. The van der Waals surface area contributed by atoms with Crippen LogP contribution in [-0.2, 0) is 16.4 Å². The molecule has 0 aliphatic rings. The molecular weight excluding hydrogens is 376 g/mol. The second-order valence-corrected chi connectivity index (χ2v) is 8.95. The van der Waals surface area contributed by atoms with Crippen LogP contribution in [0, 0.1) is 12.8 Å². The minimum Gasteiger partial charge on any atom is -0.369 e. The number of anilines is 1. The molecule has 0 spiro atoms. The van der Waals surface area contributed by atoms with E-state index in [9.17, 15) is 8.42 Å². The number of fused-ring (bicyclic) bond motifs is 1. The van der Waals surface area contributed by atoms with Gasteiger partial charge in [0.25, 0.3) is 0 Å². The van der Waals surface area contributed by atoms with Crippen molar-refractivity contribution in [3.63, 3.8) is 0 Å². The van der Waals surface area contributed by atoms with E-state index in [2.05, 4.69) is 39.2 Å². The molecule has 0 bridgehead atoms. The third kappa shape index (κ3) is 5.05. The Morgan fingerprint density at radius 1 is 1.11 bits per heavy atom. The zero-order valence-electron chi connectivity index (χ0n) is 16.4. The van der Waals surface area contributed by atoms with E-state index in [0.29, 0.717) is 23.8 Å². The highest BCUT2D eigenvalue weighted by atomic mass is 32.2. The summed E-state index contributed by atoms with van der Waals surface area (Å²) in [5.74, 6) is 1.96. The molecule has 28 heavy (non-hydrogen) atoms. The Morgan fingerprint density at radius 3 is 2.68 bits per heavy atom. The van der Waals surface area contributed by atoms with Gasteiger partial charge in [0.15, 0.2) is 11.5 Å². The Hall–Kier alpha value is -2.52. The number of benzene rings is 1. The van der Waals surface area contributed by atoms with Gasteiger partial charge in [0.2, 0.25) is 10.0 Å². The van der Waals surface area contributed by atoms with Crippen LogP contribution in [0.3, 0.4) is 0 Å². The predicted octanol–water partition coefficient (Wildman–Crippen LogP) is 2.41. The summed E-state index contributed by atoms with van der Waals surface area (Å²) >= 11 is 0. The zero-order valence-corrected chi connectivity index (χ0v) is 17.2. The second kappa shape index (κ2) is 8.66. The first-order valence-electron chi connectivity index (χ1n) is 9.37. The number of aromatic nitrogens is 4. The number of nitrogens with one attached hydrogen (secondary N) is 2. The van der Waals surface area contributed by atoms with Gasteiger partial charge in [-0.05, 0) is 49.1 Å². The van der Waals surface area contributed by atoms with Crippen molar-refractivity contribution >= 4 is 21.5 Å². The molecular formula is C19H26N6O2S. The van der Waals surface area contributed by atoms with Crippen LogP contribution in [0.5, 0.6) is 0 Å². The van der Waals surface area contributed by atoms with Crippen molar-refractivity contribution in [2.45, 2.75) is 38.5 Å². The molecule has 8 nitrogen and oxygen atoms in total. The van der Waals surface area contributed by atoms with E-state index < -0.39 is 10.0 Å². The summed E-state index contributed by atoms with van der Waals surface area (Å²) in [5, 5.41) is 16.1. The lowest BCUT2D eigenvalue weighted by molar-refractivity contribution is 0.580. The fourth-order valence-corrected chi connectivity index (χ4v) is 3.87. The third-order valence-electron chi connectivity index (χ3n) is 4.30. The standard InChI is InChI=1S/C19H26N6O2S/c1-14(2)9-11-20-17-7-8-18-22-23-19(25(18)24-17)10-12-21-28(26,27)16-6-4-5-15(3)13-16/h4-8,13-14,21H,9-12H2,1-3H3,(H,20,24). The summed E-state index contributed by atoms with van der Waals surface area (Å²) in [7, 11) is -3.56. The molecule has 0 fully saturated rings. The van der Waals surface area contributed by atoms with E-state index in [0.717, 1.165) is 24.3 Å². The molecule has 9 heteroatoms. The van der Waals surface area contributed by atoms with Crippen LogP contribution < -0.4 is 10.0 Å². The second-order valence-electron chi connectivity index (χ2n) is 7.18. The first kappa shape index (κ1) is 20.2. The molecule has 150 valence electrons. The molecule has 1 aromatic carbocycles. The summed E-state index contributed by atoms with van der Waals surface area (Å²) in [6.07, 6.45) is 1.43. The number of nitrogens with zero attached hydrogens (tertiary/aromatic N) is 4. The Morgan fingerprint density at radius 2 is 1.93 bits per heavy atom. The van der Waals surface area contributed by atoms with E-state index in [4.69, 9.17) is 0 Å². The van der Waals surface area contributed by atoms with Crippen molar-refractivity contribution < 1.29 is 8.42 Å². The molecule has 0 saturated heterocycles. The van der Waals surface area contributed by atoms with Crippen molar-refractivity contribution in [2.24, 2.45) is 5.92 Å². The molecule has 0 aliphatic carbocycles. The van der Waals surface area contributed by atoms with E-state index in [1.165, 1.54) is 0 Å². The van der Waals surface area contributed by atoms with Crippen molar-refractivity contribution in [3.8, 4) is 0 Å². The largest absolute Gasteiger partial charge is 0.369 e. The van der Waals surface area contributed by atoms with Crippen molar-refractivity contribution in [3.05, 3.63) is 47.8 Å². The van der Waals surface area contributed by atoms with Gasteiger partial charge in [-0.15, -0.1) is 15.3 Å². The molecule has 3 rings (SSSR count). The lowest BCUT2D eigenvalue weighted by Gasteiger charge is -2.08. The molecule has 2 heterocycles. The molecule has 0 radical (unpaired) electrons. The summed E-state index contributed by atoms with van der Waals surface area (Å²) in [4.78, 5) is 0.258. The van der Waals surface area contributed by atoms with Crippen molar-refractivity contribution in [1.29, 1.82) is 0 Å². The fourth-order valence-electron chi connectivity index (χ4n) is 2.74. The predicted molar refractivity (Wildman–Crippen MR) is 109 cm³/mol. The van der Waals surface area contributed by atoms with Gasteiger partial charge in [-0.2, -0.15) is 4.52 Å². The van der Waals surface area contributed by atoms with Crippen LogP contribution >= 0.6 is 0 Å². The maximum atomic E-state index is 12.4. The lowest BCUT2D eigenvalue weighted by atomic mass is 10.1. The van der Waals surface area contributed by atoms with Crippen LogP contribution in [0.4, 0.5) is 5.82 Å². The van der Waals surface area contributed by atoms with Crippen LogP contribution in [0.15, 0.2) is 41.3 Å². The van der Waals surface area contributed by atoms with Gasteiger partial charge in [0.1, 0.15) is 5.82 Å². The molecule has 3 aromatic rings. The highest BCUT2D eigenvalue weighted by molar-refractivity contribution is 7.89. The van der Waals surface area contributed by atoms with Crippen molar-refractivity contribution in [1.82, 2.24) is 24.5 Å². The Labute approximate surface area is 165 Å². The van der Waals surface area contributed by atoms with E-state index >= 15 is 0 Å². The van der Waals surface area contributed by atoms with E-state index in [-0.39, 0.29) is 11.4 Å². The van der Waals surface area contributed by atoms with Gasteiger partial charge in [-0.1, -0.05) is 26.0 Å². The molecule has 0 atom stereocenters. The maximum Gasteiger partial charge on any atom is 0.240 e. The number of aryl methyl sites for hydroxylation is 1. The van der Waals surface area contributed by atoms with Gasteiger partial charge in [0.05, 0.1) is 4.90 Å². The highest BCUT2D eigenvalue weighted by Crippen LogP contribution is 2.11. The number of sulfonamides is 1. The van der Waals surface area contributed by atoms with E-state index in [1.54, 1.807) is 22.7 Å². The first-order chi connectivity index (χ1) is 13.3. The molecule has 0 unspecified atom stereocenters. The van der Waals surface area contributed by atoms with Crippen LogP contribution in [0.1, 0.15) is 31.7 Å². The topological polar surface area (TPSA) is 101 Å². The average molecular weight is 403 g/mol. The number of hydrogen-bond donors (Lipinski definition) is 2. The summed E-state index contributed by atoms with van der Waals surface area (Å²) in [5.41, 5.74) is 1.53. The van der Waals surface area contributed by atoms with E-state index in [1.807, 2.05) is 25.1 Å². The average Bonchev–Trinajstić information content (AvgIpc) is 3.04. The fraction of sp³-hybridized carbons (Fsp3) is 0.421. The Balaban J connectivity index is 1.65. The normalized spacial score (nSPS) is 12.0. The molecule has 2 aromatic heterocycles. The molecule has 0 aliphatic heterocycles. The van der Waals surface area contributed by atoms with Crippen molar-refractivity contribution in [2.75, 3.05) is 18.4 Å². The zero-order chi connectivity index (χ0) is 20.1. The van der Waals surface area contributed by atoms with Gasteiger partial charge >= 0.3 is 0 Å². The quantitative estimate of drug-likeness (QED) is 0.570. The Bertz CT molecular complexity index is 1050. The van der Waals surface area contributed by atoms with Crippen LogP contribution in [0.25, 0.3) is 5.65 Å². The van der Waals surface area contributed by atoms with Gasteiger partial charge in [-0.25, -0.2) is 13.1 Å². The number of rotatable bonds is 9. The monoisotopic (exact) mass is 402 g/mol. The third-order valence-corrected chi connectivity index (χ3v) is 5.75. The highest BCUT2D eigenvalue weighted by Gasteiger charge is 2.15. The molecule has 0 amide bonds. The van der Waals surface area contributed by atoms with Gasteiger partial charge in [-0.3, -0.25) is 0 Å². The first-order valence-corrected chi connectivity index (χ1v) is 10.8. The van der Waals surface area contributed by atoms with Gasteiger partial charge < -0.3 is 5.32 Å². The minimum absolute atomic E-state index is 0.212. The summed E-state index contributed by atoms with van der Waals surface area (Å²) in [6, 6.07) is 10.5. The van der Waals surface area contributed by atoms with Gasteiger partial charge in [0, 0.05) is 19.5 Å². The SMILES string of the molecule is Cc1cccc(S(=O)(=O)NCCc2nnc3ccc(NCCC(C)C)nn23)c1. The van der Waals surface area contributed by atoms with Crippen LogP contribution in [0.2, 0.25) is 0 Å². The molecule has 2 N–H and O–H groups in total. The maximum absolute atomic E-state index is 12.4. The minimum atomic E-state index is -3.56. The molecule has 0 saturated carbocycles.